The number of amides is 2. The first-order valence-corrected chi connectivity index (χ1v) is 16.9. The van der Waals surface area contributed by atoms with Crippen LogP contribution in [0, 0.1) is 52.3 Å². The average Bonchev–Trinajstić information content (AvgIpc) is 3.37. The molecule has 3 heterocycles. The van der Waals surface area contributed by atoms with E-state index in [0.29, 0.717) is 40.7 Å². The van der Waals surface area contributed by atoms with E-state index in [1.54, 1.807) is 0 Å². The van der Waals surface area contributed by atoms with Gasteiger partial charge in [-0.2, -0.15) is 0 Å². The van der Waals surface area contributed by atoms with Crippen molar-refractivity contribution in [1.29, 1.82) is 0 Å². The van der Waals surface area contributed by atoms with Gasteiger partial charge < -0.3 is 19.7 Å². The third-order valence-corrected chi connectivity index (χ3v) is 14.0. The summed E-state index contributed by atoms with van der Waals surface area (Å²) in [5.74, 6) is 4.71. The van der Waals surface area contributed by atoms with Gasteiger partial charge in [0.15, 0.2) is 5.79 Å². The summed E-state index contributed by atoms with van der Waals surface area (Å²) in [6.07, 6.45) is 12.9. The number of hydrogen-bond donors (Lipinski definition) is 2. The zero-order valence-corrected chi connectivity index (χ0v) is 25.9. The highest BCUT2D eigenvalue weighted by Gasteiger charge is 2.69. The van der Waals surface area contributed by atoms with Gasteiger partial charge in [0, 0.05) is 44.6 Å². The molecule has 12 atom stereocenters. The fourth-order valence-corrected chi connectivity index (χ4v) is 11.7. The lowest BCUT2D eigenvalue weighted by molar-refractivity contribution is -0.273. The minimum atomic E-state index is -0.307. The third-order valence-electron chi connectivity index (χ3n) is 14.0. The second-order valence-electron chi connectivity index (χ2n) is 16.0. The Morgan fingerprint density at radius 3 is 2.40 bits per heavy atom. The smallest absolute Gasteiger partial charge is 0.329 e. The van der Waals surface area contributed by atoms with Crippen LogP contribution in [0.25, 0.3) is 0 Å². The summed E-state index contributed by atoms with van der Waals surface area (Å²) in [4.78, 5) is 15.2. The molecule has 7 aliphatic rings. The highest BCUT2D eigenvalue weighted by Crippen LogP contribution is 2.71. The SMILES string of the molecule is C[C@H]1CC[C@@]2(OC1)O[C@H]1C[C@H]3[C@@H]4CC[C@@H]5CC(NC(=O)NN6CCN(C)CC6)CC[C@]5(C)[C@H]4CC[C@]3(C)[C@H]1[C@@H]2C. The topological polar surface area (TPSA) is 66.1 Å². The minimum absolute atomic E-state index is 0.000986. The lowest BCUT2D eigenvalue weighted by Crippen LogP contribution is -2.58. The number of hydrogen-bond acceptors (Lipinski definition) is 5. The van der Waals surface area contributed by atoms with Crippen LogP contribution in [-0.4, -0.2) is 73.7 Å². The lowest BCUT2D eigenvalue weighted by atomic mass is 9.44. The van der Waals surface area contributed by atoms with Gasteiger partial charge in [-0.3, -0.25) is 5.43 Å². The number of hydrazine groups is 1. The molecule has 2 N–H and O–H groups in total. The number of fused-ring (bicyclic) bond motifs is 7. The van der Waals surface area contributed by atoms with Gasteiger partial charge >= 0.3 is 6.03 Å². The monoisotopic (exact) mass is 556 g/mol. The second-order valence-corrected chi connectivity index (χ2v) is 16.0. The maximum atomic E-state index is 12.8. The van der Waals surface area contributed by atoms with Gasteiger partial charge in [0.05, 0.1) is 12.7 Å². The quantitative estimate of drug-likeness (QED) is 0.486. The Balaban J connectivity index is 0.990. The zero-order chi connectivity index (χ0) is 27.9. The lowest BCUT2D eigenvalue weighted by Gasteiger charge is -2.61. The number of carbonyl (C=O) groups is 1. The van der Waals surface area contributed by atoms with E-state index in [0.717, 1.165) is 75.7 Å². The van der Waals surface area contributed by atoms with E-state index >= 15 is 0 Å². The molecular weight excluding hydrogens is 500 g/mol. The molecule has 1 unspecified atom stereocenters. The van der Waals surface area contributed by atoms with Crippen LogP contribution in [-0.2, 0) is 9.47 Å². The maximum absolute atomic E-state index is 12.8. The predicted molar refractivity (Wildman–Crippen MR) is 156 cm³/mol. The van der Waals surface area contributed by atoms with Crippen molar-refractivity contribution in [2.24, 2.45) is 52.3 Å². The Hall–Kier alpha value is -0.890. The Labute approximate surface area is 242 Å². The molecule has 0 aromatic carbocycles. The average molecular weight is 557 g/mol. The van der Waals surface area contributed by atoms with E-state index in [-0.39, 0.29) is 11.8 Å². The molecule has 2 amide bonds. The molecule has 226 valence electrons. The van der Waals surface area contributed by atoms with Gasteiger partial charge in [-0.05, 0) is 111 Å². The molecule has 0 aromatic heterocycles. The molecule has 7 nitrogen and oxygen atoms in total. The first-order chi connectivity index (χ1) is 19.1. The van der Waals surface area contributed by atoms with Crippen molar-refractivity contribution in [3.05, 3.63) is 0 Å². The van der Waals surface area contributed by atoms with Crippen molar-refractivity contribution < 1.29 is 14.3 Å². The van der Waals surface area contributed by atoms with Gasteiger partial charge in [0.1, 0.15) is 0 Å². The number of carbonyl (C=O) groups excluding carboxylic acids is 1. The van der Waals surface area contributed by atoms with Crippen LogP contribution >= 0.6 is 0 Å². The van der Waals surface area contributed by atoms with E-state index < -0.39 is 0 Å². The standard InChI is InChI=1S/C33H56N4O3/c1-21-8-13-33(39-20-21)22(2)29-28(40-33)19-27-25-7-6-23-18-24(34-30(38)35-37-16-14-36(5)15-17-37)9-11-31(23,3)26(25)10-12-32(27,29)4/h21-29H,6-20H2,1-5H3,(H2,34,35,38)/t21-,22-,23+,24?,25+,26-,27-,28-,29-,31-,32-,33+/m0/s1. The molecule has 40 heavy (non-hydrogen) atoms. The maximum Gasteiger partial charge on any atom is 0.329 e. The van der Waals surface area contributed by atoms with Crippen LogP contribution in [0.1, 0.15) is 91.9 Å². The summed E-state index contributed by atoms with van der Waals surface area (Å²) < 4.78 is 13.5. The normalized spacial score (nSPS) is 52.9. The van der Waals surface area contributed by atoms with Crippen molar-refractivity contribution in [2.75, 3.05) is 39.8 Å². The fourth-order valence-electron chi connectivity index (χ4n) is 11.7. The van der Waals surface area contributed by atoms with Crippen molar-refractivity contribution in [3.63, 3.8) is 0 Å². The second kappa shape index (κ2) is 10.1. The summed E-state index contributed by atoms with van der Waals surface area (Å²) >= 11 is 0. The zero-order valence-electron chi connectivity index (χ0n) is 25.9. The summed E-state index contributed by atoms with van der Waals surface area (Å²) in [6.45, 7) is 14.7. The number of rotatable bonds is 2. The van der Waals surface area contributed by atoms with Gasteiger partial charge in [-0.1, -0.05) is 27.7 Å². The van der Waals surface area contributed by atoms with Gasteiger partial charge in [0.25, 0.3) is 0 Å². The molecule has 7 rings (SSSR count). The highest BCUT2D eigenvalue weighted by atomic mass is 16.7. The molecule has 1 spiro atoms. The first-order valence-electron chi connectivity index (χ1n) is 16.9. The largest absolute Gasteiger partial charge is 0.349 e. The Morgan fingerprint density at radius 1 is 0.875 bits per heavy atom. The molecule has 3 saturated heterocycles. The fraction of sp³-hybridized carbons (Fsp3) is 0.970. The van der Waals surface area contributed by atoms with Crippen LogP contribution in [0.15, 0.2) is 0 Å². The highest BCUT2D eigenvalue weighted by molar-refractivity contribution is 5.73. The molecule has 0 radical (unpaired) electrons. The molecule has 7 heteroatoms. The molecule has 0 aromatic rings. The van der Waals surface area contributed by atoms with Crippen molar-refractivity contribution in [1.82, 2.24) is 20.7 Å². The van der Waals surface area contributed by atoms with E-state index in [1.807, 2.05) is 0 Å². The Morgan fingerprint density at radius 2 is 1.65 bits per heavy atom. The number of ether oxygens (including phenoxy) is 2. The van der Waals surface area contributed by atoms with Crippen LogP contribution in [0.4, 0.5) is 4.79 Å². The number of nitrogens with one attached hydrogen (secondary N) is 2. The number of urea groups is 1. The first kappa shape index (κ1) is 27.9. The number of piperazine rings is 1. The van der Waals surface area contributed by atoms with Gasteiger partial charge in [0.2, 0.25) is 0 Å². The minimum Gasteiger partial charge on any atom is -0.349 e. The van der Waals surface area contributed by atoms with E-state index in [9.17, 15) is 4.79 Å². The van der Waals surface area contributed by atoms with E-state index in [4.69, 9.17) is 9.47 Å². The van der Waals surface area contributed by atoms with Crippen LogP contribution < -0.4 is 10.7 Å². The number of nitrogens with zero attached hydrogens (tertiary/aromatic N) is 2. The molecular formula is C33H56N4O3. The summed E-state index contributed by atoms with van der Waals surface area (Å²) in [5, 5.41) is 5.45. The third kappa shape index (κ3) is 4.38. The summed E-state index contributed by atoms with van der Waals surface area (Å²) in [7, 11) is 2.15. The molecule has 0 bridgehead atoms. The summed E-state index contributed by atoms with van der Waals surface area (Å²) in [6, 6.07) is 0.312. The Bertz CT molecular complexity index is 961. The molecule has 7 fully saturated rings. The summed E-state index contributed by atoms with van der Waals surface area (Å²) in [5.41, 5.74) is 3.94. The van der Waals surface area contributed by atoms with E-state index in [2.05, 4.69) is 55.4 Å². The van der Waals surface area contributed by atoms with Crippen LogP contribution in [0.3, 0.4) is 0 Å². The Kier molecular flexibility index (Phi) is 7.04. The van der Waals surface area contributed by atoms with Crippen LogP contribution in [0.2, 0.25) is 0 Å². The van der Waals surface area contributed by atoms with Gasteiger partial charge in [-0.25, -0.2) is 9.80 Å². The van der Waals surface area contributed by atoms with Crippen LogP contribution in [0.5, 0.6) is 0 Å². The van der Waals surface area contributed by atoms with Gasteiger partial charge in [-0.15, -0.1) is 0 Å². The number of likely N-dealkylation sites (N-methyl/N-ethyl adjacent to an activating group) is 1. The van der Waals surface area contributed by atoms with E-state index in [1.165, 1.54) is 44.9 Å². The molecule has 4 saturated carbocycles. The van der Waals surface area contributed by atoms with Crippen molar-refractivity contribution in [2.45, 2.75) is 110 Å². The van der Waals surface area contributed by atoms with Crippen molar-refractivity contribution >= 4 is 6.03 Å². The molecule has 3 aliphatic heterocycles. The molecule has 4 aliphatic carbocycles. The predicted octanol–water partition coefficient (Wildman–Crippen LogP) is 5.26. The van der Waals surface area contributed by atoms with Crippen molar-refractivity contribution in [3.8, 4) is 0 Å².